The first kappa shape index (κ1) is 13.7. The van der Waals surface area contributed by atoms with Crippen molar-refractivity contribution in [2.45, 2.75) is 26.4 Å². The standard InChI is InChI=1S/C16H16F2O/c1-10-3-5-14(17)8-13(10)9-16(19)12-4-6-15(18)11(2)7-12/h3-8,16,19H,9H2,1-2H3. The Balaban J connectivity index is 2.22. The Morgan fingerprint density at radius 1 is 1.00 bits per heavy atom. The molecule has 1 nitrogen and oxygen atoms in total. The number of benzene rings is 2. The second kappa shape index (κ2) is 5.49. The molecule has 0 aliphatic carbocycles. The summed E-state index contributed by atoms with van der Waals surface area (Å²) in [6.07, 6.45) is -0.450. The van der Waals surface area contributed by atoms with E-state index in [0.717, 1.165) is 11.1 Å². The molecule has 0 aromatic heterocycles. The molecule has 0 saturated carbocycles. The summed E-state index contributed by atoms with van der Waals surface area (Å²) in [6.45, 7) is 3.52. The van der Waals surface area contributed by atoms with Crippen LogP contribution in [0, 0.1) is 25.5 Å². The van der Waals surface area contributed by atoms with Gasteiger partial charge in [-0.1, -0.05) is 18.2 Å². The van der Waals surface area contributed by atoms with E-state index in [1.165, 1.54) is 18.2 Å². The van der Waals surface area contributed by atoms with Crippen molar-refractivity contribution in [3.8, 4) is 0 Å². The van der Waals surface area contributed by atoms with E-state index in [2.05, 4.69) is 0 Å². The number of halogens is 2. The molecule has 0 aliphatic heterocycles. The van der Waals surface area contributed by atoms with Crippen molar-refractivity contribution in [3.63, 3.8) is 0 Å². The fourth-order valence-corrected chi connectivity index (χ4v) is 2.06. The molecule has 0 aliphatic rings. The first-order valence-corrected chi connectivity index (χ1v) is 6.16. The van der Waals surface area contributed by atoms with Crippen molar-refractivity contribution in [3.05, 3.63) is 70.3 Å². The summed E-state index contributed by atoms with van der Waals surface area (Å²) in [5.41, 5.74) is 2.82. The second-order valence-corrected chi connectivity index (χ2v) is 4.80. The first-order valence-electron chi connectivity index (χ1n) is 6.16. The zero-order chi connectivity index (χ0) is 14.0. The van der Waals surface area contributed by atoms with Crippen LogP contribution in [0.2, 0.25) is 0 Å². The van der Waals surface area contributed by atoms with Crippen LogP contribution in [0.25, 0.3) is 0 Å². The van der Waals surface area contributed by atoms with Gasteiger partial charge in [-0.15, -0.1) is 0 Å². The quantitative estimate of drug-likeness (QED) is 0.890. The summed E-state index contributed by atoms with van der Waals surface area (Å²) in [4.78, 5) is 0. The normalized spacial score (nSPS) is 12.5. The van der Waals surface area contributed by atoms with Gasteiger partial charge in [0.2, 0.25) is 0 Å². The highest BCUT2D eigenvalue weighted by Gasteiger charge is 2.12. The predicted octanol–water partition coefficient (Wildman–Crippen LogP) is 3.86. The average Bonchev–Trinajstić information content (AvgIpc) is 2.37. The van der Waals surface area contributed by atoms with Crippen molar-refractivity contribution in [1.29, 1.82) is 0 Å². The summed E-state index contributed by atoms with van der Waals surface area (Å²) in [5, 5.41) is 10.2. The molecule has 19 heavy (non-hydrogen) atoms. The van der Waals surface area contributed by atoms with E-state index >= 15 is 0 Å². The minimum atomic E-state index is -0.764. The van der Waals surface area contributed by atoms with Crippen molar-refractivity contribution < 1.29 is 13.9 Å². The van der Waals surface area contributed by atoms with Gasteiger partial charge >= 0.3 is 0 Å². The summed E-state index contributed by atoms with van der Waals surface area (Å²) < 4.78 is 26.4. The fourth-order valence-electron chi connectivity index (χ4n) is 2.06. The van der Waals surface area contributed by atoms with Crippen LogP contribution in [0.15, 0.2) is 36.4 Å². The lowest BCUT2D eigenvalue weighted by molar-refractivity contribution is 0.178. The molecule has 2 aromatic rings. The Hall–Kier alpha value is -1.74. The molecule has 0 amide bonds. The van der Waals surface area contributed by atoms with Gasteiger partial charge in [-0.05, 0) is 54.3 Å². The van der Waals surface area contributed by atoms with Gasteiger partial charge in [0, 0.05) is 6.42 Å². The lowest BCUT2D eigenvalue weighted by atomic mass is 9.97. The van der Waals surface area contributed by atoms with Gasteiger partial charge in [-0.2, -0.15) is 0 Å². The summed E-state index contributed by atoms with van der Waals surface area (Å²) in [6, 6.07) is 9.03. The van der Waals surface area contributed by atoms with Crippen molar-refractivity contribution in [1.82, 2.24) is 0 Å². The Morgan fingerprint density at radius 2 is 1.74 bits per heavy atom. The molecule has 1 atom stereocenters. The Morgan fingerprint density at radius 3 is 2.42 bits per heavy atom. The zero-order valence-corrected chi connectivity index (χ0v) is 11.0. The molecule has 0 spiro atoms. The van der Waals surface area contributed by atoms with E-state index in [9.17, 15) is 13.9 Å². The van der Waals surface area contributed by atoms with E-state index in [4.69, 9.17) is 0 Å². The topological polar surface area (TPSA) is 20.2 Å². The predicted molar refractivity (Wildman–Crippen MR) is 70.9 cm³/mol. The maximum Gasteiger partial charge on any atom is 0.126 e. The van der Waals surface area contributed by atoms with Crippen LogP contribution in [-0.2, 0) is 6.42 Å². The first-order chi connectivity index (χ1) is 8.97. The highest BCUT2D eigenvalue weighted by Crippen LogP contribution is 2.22. The van der Waals surface area contributed by atoms with Crippen LogP contribution in [0.5, 0.6) is 0 Å². The summed E-state index contributed by atoms with van der Waals surface area (Å²) in [5.74, 6) is -0.610. The third-order valence-corrected chi connectivity index (χ3v) is 3.29. The monoisotopic (exact) mass is 262 g/mol. The number of aryl methyl sites for hydroxylation is 2. The fraction of sp³-hybridized carbons (Fsp3) is 0.250. The SMILES string of the molecule is Cc1cc(C(O)Cc2cc(F)ccc2C)ccc1F. The van der Waals surface area contributed by atoms with E-state index in [-0.39, 0.29) is 11.6 Å². The average molecular weight is 262 g/mol. The van der Waals surface area contributed by atoms with Gasteiger partial charge in [0.25, 0.3) is 0 Å². The molecular weight excluding hydrogens is 246 g/mol. The molecule has 0 radical (unpaired) electrons. The van der Waals surface area contributed by atoms with Crippen molar-refractivity contribution in [2.75, 3.05) is 0 Å². The van der Waals surface area contributed by atoms with Crippen LogP contribution < -0.4 is 0 Å². The smallest absolute Gasteiger partial charge is 0.126 e. The van der Waals surface area contributed by atoms with E-state index < -0.39 is 6.10 Å². The molecular formula is C16H16F2O. The highest BCUT2D eigenvalue weighted by molar-refractivity contribution is 5.31. The molecule has 2 rings (SSSR count). The third kappa shape index (κ3) is 3.18. The molecule has 2 aromatic carbocycles. The van der Waals surface area contributed by atoms with Gasteiger partial charge in [0.05, 0.1) is 6.10 Å². The highest BCUT2D eigenvalue weighted by atomic mass is 19.1. The minimum absolute atomic E-state index is 0.294. The molecule has 100 valence electrons. The van der Waals surface area contributed by atoms with Gasteiger partial charge in [0.1, 0.15) is 11.6 Å². The van der Waals surface area contributed by atoms with E-state index in [0.29, 0.717) is 17.5 Å². The molecule has 3 heteroatoms. The lowest BCUT2D eigenvalue weighted by Gasteiger charge is -2.14. The van der Waals surface area contributed by atoms with E-state index in [1.807, 2.05) is 6.92 Å². The van der Waals surface area contributed by atoms with Gasteiger partial charge < -0.3 is 5.11 Å². The van der Waals surface area contributed by atoms with Gasteiger partial charge in [0.15, 0.2) is 0 Å². The number of aliphatic hydroxyl groups is 1. The maximum absolute atomic E-state index is 13.2. The van der Waals surface area contributed by atoms with Crippen LogP contribution in [0.4, 0.5) is 8.78 Å². The van der Waals surface area contributed by atoms with Gasteiger partial charge in [-0.25, -0.2) is 8.78 Å². The van der Waals surface area contributed by atoms with E-state index in [1.54, 1.807) is 25.1 Å². The Labute approximate surface area is 111 Å². The Bertz CT molecular complexity index is 593. The number of rotatable bonds is 3. The number of aliphatic hydroxyl groups excluding tert-OH is 1. The zero-order valence-electron chi connectivity index (χ0n) is 11.0. The molecule has 1 unspecified atom stereocenters. The molecule has 1 N–H and O–H groups in total. The van der Waals surface area contributed by atoms with Crippen molar-refractivity contribution >= 4 is 0 Å². The number of hydrogen-bond acceptors (Lipinski definition) is 1. The minimum Gasteiger partial charge on any atom is -0.388 e. The second-order valence-electron chi connectivity index (χ2n) is 4.80. The molecule has 0 heterocycles. The summed E-state index contributed by atoms with van der Waals surface area (Å²) >= 11 is 0. The molecule has 0 fully saturated rings. The Kier molecular flexibility index (Phi) is 3.96. The largest absolute Gasteiger partial charge is 0.388 e. The molecule has 0 saturated heterocycles. The van der Waals surface area contributed by atoms with Crippen LogP contribution >= 0.6 is 0 Å². The van der Waals surface area contributed by atoms with Crippen molar-refractivity contribution in [2.24, 2.45) is 0 Å². The number of hydrogen-bond donors (Lipinski definition) is 1. The lowest BCUT2D eigenvalue weighted by Crippen LogP contribution is -2.04. The maximum atomic E-state index is 13.2. The summed E-state index contributed by atoms with van der Waals surface area (Å²) in [7, 11) is 0. The van der Waals surface area contributed by atoms with Gasteiger partial charge in [-0.3, -0.25) is 0 Å². The molecule has 0 bridgehead atoms. The van der Waals surface area contributed by atoms with Crippen LogP contribution in [-0.4, -0.2) is 5.11 Å². The van der Waals surface area contributed by atoms with Crippen LogP contribution in [0.1, 0.15) is 28.4 Å². The third-order valence-electron chi connectivity index (χ3n) is 3.29. The van der Waals surface area contributed by atoms with Crippen LogP contribution in [0.3, 0.4) is 0 Å².